The Hall–Kier alpha value is 1.20. The van der Waals surface area contributed by atoms with E-state index in [2.05, 4.69) is 34.8 Å². The molecule has 0 bridgehead atoms. The molecule has 0 unspecified atom stereocenters. The lowest BCUT2D eigenvalue weighted by Gasteiger charge is -2.13. The average molecular weight is 304 g/mol. The fraction of sp³-hybridized carbons (Fsp3) is 1.00. The first-order valence-electron chi connectivity index (χ1n) is 2.37. The van der Waals surface area contributed by atoms with Gasteiger partial charge < -0.3 is 5.11 Å². The normalized spacial score (nSPS) is 10.6. The van der Waals surface area contributed by atoms with E-state index in [-0.39, 0.29) is 5.34 Å². The Morgan fingerprint density at radius 1 is 1.00 bits per heavy atom. The number of alkyl halides is 8. The number of halogens is 8. The van der Waals surface area contributed by atoms with Gasteiger partial charge in [0.05, 0.1) is 5.34 Å². The van der Waals surface area contributed by atoms with Gasteiger partial charge in [-0.1, -0.05) is 34.8 Å². The first-order valence-corrected chi connectivity index (χ1v) is 4.57. The van der Waals surface area contributed by atoms with Crippen LogP contribution in [0.4, 0.5) is 13.2 Å². The molecule has 9 heteroatoms. The maximum Gasteiger partial charge on any atom is 0.435 e. The second kappa shape index (κ2) is 9.74. The van der Waals surface area contributed by atoms with Crippen molar-refractivity contribution in [2.75, 3.05) is 12.4 Å². The van der Waals surface area contributed by atoms with E-state index < -0.39 is 9.97 Å². The van der Waals surface area contributed by atoms with Crippen molar-refractivity contribution in [1.29, 1.82) is 0 Å². The average Bonchev–Trinajstić information content (AvgIpc) is 1.89. The summed E-state index contributed by atoms with van der Waals surface area (Å²) in [6.07, 6.45) is -4.77. The summed E-state index contributed by atoms with van der Waals surface area (Å²) < 4.78 is 30.4. The van der Waals surface area contributed by atoms with Gasteiger partial charge in [0.2, 0.25) is 0 Å². The molecule has 0 saturated carbocycles. The minimum Gasteiger partial charge on any atom is -0.400 e. The molecule has 0 fully saturated rings. The van der Waals surface area contributed by atoms with Crippen molar-refractivity contribution in [3.05, 3.63) is 0 Å². The molecule has 1 N–H and O–H groups in total. The maximum absolute atomic E-state index is 11.2. The molecular formula is C4H6Cl5F3O. The molecule has 0 aliphatic heterocycles. The molecule has 0 aromatic heterocycles. The quantitative estimate of drug-likeness (QED) is 0.672. The van der Waals surface area contributed by atoms with Crippen LogP contribution >= 0.6 is 58.0 Å². The summed E-state index contributed by atoms with van der Waals surface area (Å²) in [5.41, 5.74) is 0. The Kier molecular flexibility index (Phi) is 14.8. The van der Waals surface area contributed by atoms with Crippen LogP contribution < -0.4 is 0 Å². The molecule has 0 amide bonds. The van der Waals surface area contributed by atoms with Crippen molar-refractivity contribution in [3.8, 4) is 0 Å². The number of rotatable bonds is 0. The van der Waals surface area contributed by atoms with Crippen molar-refractivity contribution in [2.24, 2.45) is 0 Å². The highest BCUT2D eigenvalue weighted by molar-refractivity contribution is 6.68. The van der Waals surface area contributed by atoms with E-state index in [1.807, 2.05) is 0 Å². The van der Waals surface area contributed by atoms with Crippen molar-refractivity contribution in [3.63, 3.8) is 0 Å². The minimum atomic E-state index is -4.77. The predicted molar refractivity (Wildman–Crippen MR) is 51.1 cm³/mol. The summed E-state index contributed by atoms with van der Waals surface area (Å²) in [4.78, 5) is 0. The largest absolute Gasteiger partial charge is 0.435 e. The second-order valence-electron chi connectivity index (χ2n) is 1.10. The van der Waals surface area contributed by atoms with Gasteiger partial charge in [0.1, 0.15) is 0 Å². The van der Waals surface area contributed by atoms with E-state index in [1.54, 1.807) is 0 Å². The first kappa shape index (κ1) is 19.7. The summed E-state index contributed by atoms with van der Waals surface area (Å²) >= 11 is 22.8. The fourth-order valence-corrected chi connectivity index (χ4v) is 0. The molecule has 0 radical (unpaired) electrons. The highest BCUT2D eigenvalue weighted by atomic mass is 35.6. The smallest absolute Gasteiger partial charge is 0.400 e. The van der Waals surface area contributed by atoms with Crippen molar-refractivity contribution in [2.45, 2.75) is 9.97 Å². The number of hydrogen-bond donors (Lipinski definition) is 1. The SMILES string of the molecule is CO.ClCCl.FC(F)(F)C(Cl)(Cl)Cl. The molecule has 1 nitrogen and oxygen atoms in total. The number of aliphatic hydroxyl groups excluding tert-OH is 1. The zero-order chi connectivity index (χ0) is 11.7. The Balaban J connectivity index is -0.000000169. The number of aliphatic hydroxyl groups is 1. The Bertz CT molecular complexity index is 88.9. The topological polar surface area (TPSA) is 20.2 Å². The van der Waals surface area contributed by atoms with E-state index in [4.69, 9.17) is 28.3 Å². The van der Waals surface area contributed by atoms with Crippen LogP contribution in [0.5, 0.6) is 0 Å². The highest BCUT2D eigenvalue weighted by Crippen LogP contribution is 2.42. The molecule has 0 aromatic rings. The summed E-state index contributed by atoms with van der Waals surface area (Å²) in [7, 11) is 1.00. The van der Waals surface area contributed by atoms with E-state index in [9.17, 15) is 13.2 Å². The van der Waals surface area contributed by atoms with Gasteiger partial charge in [-0.05, 0) is 0 Å². The third-order valence-electron chi connectivity index (χ3n) is 0.321. The molecule has 0 saturated heterocycles. The van der Waals surface area contributed by atoms with E-state index in [1.165, 1.54) is 0 Å². The van der Waals surface area contributed by atoms with Crippen LogP contribution in [0.2, 0.25) is 0 Å². The molecule has 0 aliphatic rings. The monoisotopic (exact) mass is 302 g/mol. The minimum absolute atomic E-state index is 0.194. The van der Waals surface area contributed by atoms with Gasteiger partial charge in [-0.2, -0.15) is 13.2 Å². The van der Waals surface area contributed by atoms with Crippen LogP contribution in [0.15, 0.2) is 0 Å². The van der Waals surface area contributed by atoms with Crippen LogP contribution in [0.25, 0.3) is 0 Å². The first-order chi connectivity index (χ1) is 5.66. The van der Waals surface area contributed by atoms with Crippen molar-refractivity contribution in [1.82, 2.24) is 0 Å². The zero-order valence-electron chi connectivity index (χ0n) is 6.18. The summed E-state index contributed by atoms with van der Waals surface area (Å²) in [6, 6.07) is 0. The fourth-order valence-electron chi connectivity index (χ4n) is 0. The third-order valence-corrected chi connectivity index (χ3v) is 0.964. The van der Waals surface area contributed by atoms with Gasteiger partial charge in [-0.15, -0.1) is 23.2 Å². The van der Waals surface area contributed by atoms with Gasteiger partial charge in [0.15, 0.2) is 0 Å². The standard InChI is InChI=1S/C2Cl3F3.CH2Cl2.CH4O/c3-1(4,5)2(6,7)8;2-1-3;1-2/h;1H2;2H,1H3. The van der Waals surface area contributed by atoms with Crippen LogP contribution in [-0.2, 0) is 0 Å². The van der Waals surface area contributed by atoms with Crippen molar-refractivity contribution < 1.29 is 18.3 Å². The van der Waals surface area contributed by atoms with Gasteiger partial charge in [0.25, 0.3) is 3.79 Å². The third kappa shape index (κ3) is 15.9. The maximum atomic E-state index is 11.2. The van der Waals surface area contributed by atoms with Gasteiger partial charge in [-0.3, -0.25) is 0 Å². The molecular weight excluding hydrogens is 298 g/mol. The molecule has 0 rings (SSSR count). The molecule has 0 atom stereocenters. The Morgan fingerprint density at radius 3 is 1.08 bits per heavy atom. The lowest BCUT2D eigenvalue weighted by molar-refractivity contribution is -0.124. The van der Waals surface area contributed by atoms with Crippen LogP contribution in [0, 0.1) is 0 Å². The molecule has 0 aromatic carbocycles. The molecule has 0 spiro atoms. The van der Waals surface area contributed by atoms with E-state index in [0.717, 1.165) is 7.11 Å². The summed E-state index contributed by atoms with van der Waals surface area (Å²) in [5, 5.41) is 7.19. The predicted octanol–water partition coefficient (Wildman–Crippen LogP) is 3.95. The van der Waals surface area contributed by atoms with E-state index in [0.29, 0.717) is 0 Å². The van der Waals surface area contributed by atoms with Crippen LogP contribution in [-0.4, -0.2) is 27.5 Å². The van der Waals surface area contributed by atoms with Gasteiger partial charge >= 0.3 is 6.18 Å². The lowest BCUT2D eigenvalue weighted by atomic mass is 10.8. The molecule has 0 aliphatic carbocycles. The molecule has 0 heterocycles. The molecule has 13 heavy (non-hydrogen) atoms. The lowest BCUT2D eigenvalue weighted by Crippen LogP contribution is -2.27. The van der Waals surface area contributed by atoms with Crippen LogP contribution in [0.1, 0.15) is 0 Å². The Labute approximate surface area is 98.7 Å². The summed E-state index contributed by atoms with van der Waals surface area (Å²) in [5.74, 6) is 0. The summed E-state index contributed by atoms with van der Waals surface area (Å²) in [6.45, 7) is 0. The van der Waals surface area contributed by atoms with Crippen LogP contribution in [0.3, 0.4) is 0 Å². The number of hydrogen-bond acceptors (Lipinski definition) is 1. The van der Waals surface area contributed by atoms with E-state index >= 15 is 0 Å². The molecule has 84 valence electrons. The van der Waals surface area contributed by atoms with Crippen molar-refractivity contribution >= 4 is 58.0 Å². The van der Waals surface area contributed by atoms with Gasteiger partial charge in [0, 0.05) is 7.11 Å². The highest BCUT2D eigenvalue weighted by Gasteiger charge is 2.51. The Morgan fingerprint density at radius 2 is 1.08 bits per heavy atom. The second-order valence-corrected chi connectivity index (χ2v) is 4.19. The van der Waals surface area contributed by atoms with Gasteiger partial charge in [-0.25, -0.2) is 0 Å². The zero-order valence-corrected chi connectivity index (χ0v) is 9.96.